The number of Topliss-reactive ketones (excluding diaryl/α,β-unsaturated/α-hetero) is 1. The Balaban J connectivity index is 1.64. The molecule has 0 aromatic heterocycles. The van der Waals surface area contributed by atoms with Crippen LogP contribution in [0, 0.1) is 5.92 Å². The van der Waals surface area contributed by atoms with Gasteiger partial charge in [-0.2, -0.15) is 4.58 Å². The third kappa shape index (κ3) is 6.76. The van der Waals surface area contributed by atoms with E-state index in [0.717, 1.165) is 66.3 Å². The summed E-state index contributed by atoms with van der Waals surface area (Å²) in [5, 5.41) is 8.97. The number of benzene rings is 2. The van der Waals surface area contributed by atoms with E-state index in [0.29, 0.717) is 12.2 Å². The van der Waals surface area contributed by atoms with Crippen LogP contribution in [0.2, 0.25) is 0 Å². The average molecular weight is 625 g/mol. The standard InChI is InChI=1S/C34H45N3O4S2/c1-23(2)30(38)13-10-9-11-20-37-29-18-16-24(36(8)43-41-39)21-26(29)34(5,6)32(37)15-12-14-31-33(3,4)27-22-25(42-40)17-19-28(27)35(31)7/h12,14-19,21-23H,9-11,13,20H2,1-8H3,(H-,39,40)/p+1. The fourth-order valence-corrected chi connectivity index (χ4v) is 6.93. The van der Waals surface area contributed by atoms with Crippen molar-refractivity contribution in [2.45, 2.75) is 83.0 Å². The number of ketones is 1. The molecule has 0 amide bonds. The molecule has 0 radical (unpaired) electrons. The summed E-state index contributed by atoms with van der Waals surface area (Å²) < 4.78 is 18.0. The molecule has 9 heteroatoms. The van der Waals surface area contributed by atoms with Gasteiger partial charge >= 0.3 is 0 Å². The molecule has 43 heavy (non-hydrogen) atoms. The van der Waals surface area contributed by atoms with E-state index in [9.17, 15) is 9.35 Å². The number of carbonyl (C=O) groups is 1. The average Bonchev–Trinajstić information content (AvgIpc) is 3.30. The summed E-state index contributed by atoms with van der Waals surface area (Å²) in [6.07, 6.45) is 10.2. The van der Waals surface area contributed by atoms with Crippen molar-refractivity contribution in [3.05, 3.63) is 71.5 Å². The van der Waals surface area contributed by atoms with Crippen molar-refractivity contribution in [1.29, 1.82) is 0 Å². The minimum absolute atomic E-state index is 0.0967. The molecule has 2 aromatic rings. The summed E-state index contributed by atoms with van der Waals surface area (Å²) in [6.45, 7) is 13.8. The molecule has 2 aromatic carbocycles. The van der Waals surface area contributed by atoms with E-state index in [1.807, 2.05) is 27.0 Å². The van der Waals surface area contributed by atoms with Gasteiger partial charge in [0.05, 0.1) is 5.41 Å². The van der Waals surface area contributed by atoms with Crippen LogP contribution in [0.4, 0.5) is 17.1 Å². The molecular weight excluding hydrogens is 579 g/mol. The van der Waals surface area contributed by atoms with Crippen LogP contribution in [-0.4, -0.2) is 46.5 Å². The second-order valence-corrected chi connectivity index (χ2v) is 14.3. The summed E-state index contributed by atoms with van der Waals surface area (Å²) >= 11 is 1.66. The first-order valence-corrected chi connectivity index (χ1v) is 16.4. The predicted molar refractivity (Wildman–Crippen MR) is 181 cm³/mol. The first-order valence-electron chi connectivity index (χ1n) is 15.0. The Labute approximate surface area is 265 Å². The van der Waals surface area contributed by atoms with Crippen LogP contribution in [0.25, 0.3) is 0 Å². The summed E-state index contributed by atoms with van der Waals surface area (Å²) in [6, 6.07) is 12.5. The number of hydrogen-bond donors (Lipinski definition) is 2. The Hall–Kier alpha value is -2.56. The Morgan fingerprint density at radius 2 is 1.81 bits per heavy atom. The molecule has 0 saturated heterocycles. The molecule has 2 heterocycles. The van der Waals surface area contributed by atoms with Crippen LogP contribution >= 0.6 is 24.3 Å². The number of nitrogens with zero attached hydrogens (tertiary/aromatic N) is 3. The highest BCUT2D eigenvalue weighted by molar-refractivity contribution is 7.95. The highest BCUT2D eigenvalue weighted by Gasteiger charge is 2.43. The molecule has 0 unspecified atom stereocenters. The van der Waals surface area contributed by atoms with E-state index in [4.69, 9.17) is 5.26 Å². The first-order chi connectivity index (χ1) is 20.3. The van der Waals surface area contributed by atoms with Gasteiger partial charge < -0.3 is 9.45 Å². The third-order valence-electron chi connectivity index (χ3n) is 8.95. The number of anilines is 2. The van der Waals surface area contributed by atoms with Crippen LogP contribution in [0.15, 0.2) is 65.2 Å². The van der Waals surface area contributed by atoms with Crippen molar-refractivity contribution in [2.75, 3.05) is 29.8 Å². The molecule has 2 N–H and O–H groups in total. The van der Waals surface area contributed by atoms with Gasteiger partial charge in [-0.05, 0) is 68.7 Å². The van der Waals surface area contributed by atoms with Crippen molar-refractivity contribution in [2.24, 2.45) is 5.92 Å². The van der Waals surface area contributed by atoms with E-state index < -0.39 is 0 Å². The lowest BCUT2D eigenvalue weighted by Gasteiger charge is -2.27. The summed E-state index contributed by atoms with van der Waals surface area (Å²) in [4.78, 5) is 15.4. The maximum Gasteiger partial charge on any atom is 0.209 e. The molecule has 0 spiro atoms. The van der Waals surface area contributed by atoms with E-state index in [2.05, 4.69) is 97.1 Å². The van der Waals surface area contributed by atoms with Crippen LogP contribution in [0.3, 0.4) is 0 Å². The second kappa shape index (κ2) is 13.6. The molecule has 7 nitrogen and oxygen atoms in total. The highest BCUT2D eigenvalue weighted by Crippen LogP contribution is 2.49. The van der Waals surface area contributed by atoms with Crippen molar-refractivity contribution >= 4 is 52.8 Å². The molecule has 232 valence electrons. The van der Waals surface area contributed by atoms with Crippen molar-refractivity contribution in [3.8, 4) is 0 Å². The Morgan fingerprint density at radius 3 is 2.49 bits per heavy atom. The first kappa shape index (κ1) is 33.3. The topological polar surface area (TPSA) is 76.2 Å². The van der Waals surface area contributed by atoms with Gasteiger partial charge in [0.25, 0.3) is 0 Å². The van der Waals surface area contributed by atoms with Crippen LogP contribution in [0.5, 0.6) is 0 Å². The molecule has 0 saturated carbocycles. The predicted octanol–water partition coefficient (Wildman–Crippen LogP) is 8.77. The van der Waals surface area contributed by atoms with Crippen LogP contribution in [0.1, 0.15) is 78.4 Å². The minimum Gasteiger partial charge on any atom is -0.344 e. The van der Waals surface area contributed by atoms with Crippen LogP contribution in [-0.2, 0) is 20.0 Å². The molecule has 2 aliphatic rings. The van der Waals surface area contributed by atoms with Gasteiger partial charge in [0.1, 0.15) is 12.8 Å². The number of unbranched alkanes of at least 4 members (excludes halogenated alkanes) is 2. The monoisotopic (exact) mass is 624 g/mol. The summed E-state index contributed by atoms with van der Waals surface area (Å²) in [7, 11) is 3.96. The molecule has 0 bridgehead atoms. The Bertz CT molecular complexity index is 1450. The number of allylic oxidation sites excluding steroid dienone is 4. The van der Waals surface area contributed by atoms with Gasteiger partial charge in [-0.15, -0.1) is 4.33 Å². The van der Waals surface area contributed by atoms with Gasteiger partial charge in [0.2, 0.25) is 5.69 Å². The SMILES string of the molecule is CC(C)C(=O)CCCCCN1/C(=C/C=C/C2=[N+](C)c3ccc(SO)cc3C2(C)C)C(C)(C)c2cc(N(C)SOO)ccc21. The zero-order valence-corrected chi connectivity index (χ0v) is 28.3. The maximum absolute atomic E-state index is 12.1. The molecular formula is C34H46N3O4S2+. The van der Waals surface area contributed by atoms with E-state index in [1.165, 1.54) is 28.2 Å². The van der Waals surface area contributed by atoms with Gasteiger partial charge in [-0.1, -0.05) is 40.2 Å². The normalized spacial score (nSPS) is 17.8. The zero-order chi connectivity index (χ0) is 31.5. The van der Waals surface area contributed by atoms with E-state index >= 15 is 0 Å². The summed E-state index contributed by atoms with van der Waals surface area (Å²) in [5.74, 6) is 0.435. The van der Waals surface area contributed by atoms with Gasteiger partial charge in [-0.3, -0.25) is 9.10 Å². The van der Waals surface area contributed by atoms with Gasteiger partial charge in [0.15, 0.2) is 17.9 Å². The van der Waals surface area contributed by atoms with Crippen molar-refractivity contribution in [1.82, 2.24) is 0 Å². The lowest BCUT2D eigenvalue weighted by molar-refractivity contribution is -0.401. The number of hydrogen-bond acceptors (Lipinski definition) is 8. The number of carbonyl (C=O) groups excluding carboxylic acids is 1. The lowest BCUT2D eigenvalue weighted by Crippen LogP contribution is -2.27. The zero-order valence-electron chi connectivity index (χ0n) is 26.7. The van der Waals surface area contributed by atoms with E-state index in [-0.39, 0.29) is 16.7 Å². The van der Waals surface area contributed by atoms with E-state index in [1.54, 1.807) is 4.31 Å². The smallest absolute Gasteiger partial charge is 0.209 e. The van der Waals surface area contributed by atoms with Gasteiger partial charge in [0, 0.05) is 83.1 Å². The molecule has 0 fully saturated rings. The quantitative estimate of drug-likeness (QED) is 0.0572. The van der Waals surface area contributed by atoms with Gasteiger partial charge in [-0.25, -0.2) is 5.26 Å². The minimum atomic E-state index is -0.257. The maximum atomic E-state index is 12.1. The fourth-order valence-electron chi connectivity index (χ4n) is 6.33. The summed E-state index contributed by atoms with van der Waals surface area (Å²) in [5.41, 5.74) is 7.65. The molecule has 2 aliphatic heterocycles. The van der Waals surface area contributed by atoms with Crippen LogP contribution < -0.4 is 9.21 Å². The fraction of sp³-hybridized carbons (Fsp3) is 0.471. The van der Waals surface area contributed by atoms with Crippen molar-refractivity contribution < 1.29 is 23.5 Å². The largest absolute Gasteiger partial charge is 0.344 e. The molecule has 0 aliphatic carbocycles. The van der Waals surface area contributed by atoms with Crippen molar-refractivity contribution in [3.63, 3.8) is 0 Å². The highest BCUT2D eigenvalue weighted by atomic mass is 32.2. The third-order valence-corrected chi connectivity index (χ3v) is 9.92. The Kier molecular flexibility index (Phi) is 10.6. The molecule has 4 rings (SSSR count). The lowest BCUT2D eigenvalue weighted by atomic mass is 9.81. The second-order valence-electron chi connectivity index (χ2n) is 12.8. The number of fused-ring (bicyclic) bond motifs is 2. The number of rotatable bonds is 13. The molecule has 0 atom stereocenters. The Morgan fingerprint density at radius 1 is 1.07 bits per heavy atom.